The number of phenolic OH excluding ortho intramolecular Hbond substituents is 1. The summed E-state index contributed by atoms with van der Waals surface area (Å²) < 4.78 is 37.7. The van der Waals surface area contributed by atoms with Crippen molar-refractivity contribution in [2.45, 2.75) is 11.4 Å². The summed E-state index contributed by atoms with van der Waals surface area (Å²) in [4.78, 5) is 2.23. The molecule has 1 fully saturated rings. The van der Waals surface area contributed by atoms with Gasteiger partial charge in [0, 0.05) is 44.4 Å². The molecule has 9 heteroatoms. The molecule has 0 amide bonds. The zero-order valence-electron chi connectivity index (χ0n) is 14.5. The standard InChI is InChI=1S/C18H19ClN2O5S/c19-14-3-1-2-4-18(14)27(23,24)21-7-5-20(6-8-21)11-13-9-16-17(10-15(13)22)26-12-25-16/h1-4,9-10,22H,5-8,11-12H2. The Kier molecular flexibility index (Phi) is 4.90. The molecule has 2 aromatic carbocycles. The predicted molar refractivity (Wildman–Crippen MR) is 99.7 cm³/mol. The SMILES string of the molecule is O=S(=O)(c1ccccc1Cl)N1CCN(Cc2cc3c(cc2O)OCO3)CC1. The lowest BCUT2D eigenvalue weighted by Gasteiger charge is -2.34. The Balaban J connectivity index is 1.43. The number of benzene rings is 2. The Bertz CT molecular complexity index is 958. The van der Waals surface area contributed by atoms with Gasteiger partial charge in [0.2, 0.25) is 16.8 Å². The third-order valence-electron chi connectivity index (χ3n) is 4.75. The number of aromatic hydroxyl groups is 1. The van der Waals surface area contributed by atoms with E-state index in [2.05, 4.69) is 4.90 Å². The highest BCUT2D eigenvalue weighted by Crippen LogP contribution is 2.38. The molecule has 0 spiro atoms. The van der Waals surface area contributed by atoms with Gasteiger partial charge in [-0.05, 0) is 18.2 Å². The van der Waals surface area contributed by atoms with Gasteiger partial charge in [0.05, 0.1) is 5.02 Å². The Morgan fingerprint density at radius 2 is 1.70 bits per heavy atom. The molecule has 1 N–H and O–H groups in total. The highest BCUT2D eigenvalue weighted by atomic mass is 35.5. The van der Waals surface area contributed by atoms with Crippen LogP contribution in [0, 0.1) is 0 Å². The van der Waals surface area contributed by atoms with E-state index in [0.717, 1.165) is 5.56 Å². The van der Waals surface area contributed by atoms with Crippen molar-refractivity contribution in [1.82, 2.24) is 9.21 Å². The number of halogens is 1. The number of ether oxygens (including phenoxy) is 2. The Morgan fingerprint density at radius 3 is 2.41 bits per heavy atom. The smallest absolute Gasteiger partial charge is 0.244 e. The second-order valence-corrected chi connectivity index (χ2v) is 8.76. The molecule has 2 aliphatic rings. The lowest BCUT2D eigenvalue weighted by atomic mass is 10.1. The second kappa shape index (κ2) is 7.20. The highest BCUT2D eigenvalue weighted by molar-refractivity contribution is 7.89. The van der Waals surface area contributed by atoms with Crippen LogP contribution in [0.4, 0.5) is 0 Å². The van der Waals surface area contributed by atoms with Gasteiger partial charge in [-0.2, -0.15) is 4.31 Å². The Hall–Kier alpha value is -2.00. The van der Waals surface area contributed by atoms with Crippen molar-refractivity contribution in [3.63, 3.8) is 0 Å². The van der Waals surface area contributed by atoms with Crippen LogP contribution in [0.25, 0.3) is 0 Å². The summed E-state index contributed by atoms with van der Waals surface area (Å²) in [5.74, 6) is 1.29. The van der Waals surface area contributed by atoms with Crippen LogP contribution in [0.1, 0.15) is 5.56 Å². The number of sulfonamides is 1. The minimum Gasteiger partial charge on any atom is -0.507 e. The van der Waals surface area contributed by atoms with Gasteiger partial charge in [0.1, 0.15) is 10.6 Å². The molecule has 0 unspecified atom stereocenters. The molecule has 0 bridgehead atoms. The van der Waals surface area contributed by atoms with Gasteiger partial charge < -0.3 is 14.6 Å². The molecule has 0 atom stereocenters. The van der Waals surface area contributed by atoms with E-state index in [1.54, 1.807) is 30.3 Å². The second-order valence-electron chi connectivity index (χ2n) is 6.44. The third-order valence-corrected chi connectivity index (χ3v) is 7.15. The van der Waals surface area contributed by atoms with Crippen molar-refractivity contribution in [3.8, 4) is 17.2 Å². The summed E-state index contributed by atoms with van der Waals surface area (Å²) in [6.45, 7) is 2.48. The molecule has 0 radical (unpaired) electrons. The number of piperazine rings is 1. The fourth-order valence-electron chi connectivity index (χ4n) is 3.26. The van der Waals surface area contributed by atoms with Gasteiger partial charge in [-0.15, -0.1) is 0 Å². The summed E-state index contributed by atoms with van der Waals surface area (Å²) in [6, 6.07) is 9.79. The fraction of sp³-hybridized carbons (Fsp3) is 0.333. The van der Waals surface area contributed by atoms with Gasteiger partial charge in [-0.1, -0.05) is 23.7 Å². The van der Waals surface area contributed by atoms with E-state index in [4.69, 9.17) is 21.1 Å². The molecule has 2 aromatic rings. The topological polar surface area (TPSA) is 79.3 Å². The summed E-state index contributed by atoms with van der Waals surface area (Å²) in [6.07, 6.45) is 0. The molecule has 2 heterocycles. The molecule has 4 rings (SSSR count). The van der Waals surface area contributed by atoms with Crippen LogP contribution in [0.5, 0.6) is 17.2 Å². The van der Waals surface area contributed by atoms with Crippen LogP contribution in [-0.4, -0.2) is 55.7 Å². The third kappa shape index (κ3) is 3.58. The lowest BCUT2D eigenvalue weighted by Crippen LogP contribution is -2.48. The van der Waals surface area contributed by atoms with Crippen LogP contribution < -0.4 is 9.47 Å². The molecule has 0 aromatic heterocycles. The molecule has 0 saturated carbocycles. The first kappa shape index (κ1) is 18.4. The lowest BCUT2D eigenvalue weighted by molar-refractivity contribution is 0.173. The van der Waals surface area contributed by atoms with Crippen molar-refractivity contribution < 1.29 is 23.0 Å². The van der Waals surface area contributed by atoms with E-state index in [0.29, 0.717) is 44.2 Å². The van der Waals surface area contributed by atoms with Crippen LogP contribution in [-0.2, 0) is 16.6 Å². The van der Waals surface area contributed by atoms with Gasteiger partial charge in [0.25, 0.3) is 0 Å². The average molecular weight is 411 g/mol. The Labute approximate surface area is 162 Å². The van der Waals surface area contributed by atoms with Crippen molar-refractivity contribution in [3.05, 3.63) is 47.0 Å². The molecule has 27 heavy (non-hydrogen) atoms. The van der Waals surface area contributed by atoms with Crippen molar-refractivity contribution in [2.24, 2.45) is 0 Å². The zero-order chi connectivity index (χ0) is 19.0. The quantitative estimate of drug-likeness (QED) is 0.833. The summed E-state index contributed by atoms with van der Waals surface area (Å²) in [7, 11) is -3.62. The normalized spacial score (nSPS) is 18.0. The number of rotatable bonds is 4. The van der Waals surface area contributed by atoms with Crippen LogP contribution >= 0.6 is 11.6 Å². The minimum atomic E-state index is -3.62. The average Bonchev–Trinajstić information content (AvgIpc) is 3.10. The molecule has 0 aliphatic carbocycles. The van der Waals surface area contributed by atoms with Gasteiger partial charge in [0.15, 0.2) is 11.5 Å². The van der Waals surface area contributed by atoms with Gasteiger partial charge in [-0.3, -0.25) is 4.90 Å². The minimum absolute atomic E-state index is 0.133. The molecule has 2 aliphatic heterocycles. The van der Waals surface area contributed by atoms with Crippen molar-refractivity contribution in [2.75, 3.05) is 33.0 Å². The van der Waals surface area contributed by atoms with E-state index >= 15 is 0 Å². The number of phenols is 1. The largest absolute Gasteiger partial charge is 0.507 e. The van der Waals surface area contributed by atoms with Crippen LogP contribution in [0.3, 0.4) is 0 Å². The molecular formula is C18H19ClN2O5S. The van der Waals surface area contributed by atoms with Crippen LogP contribution in [0.15, 0.2) is 41.3 Å². The fourth-order valence-corrected chi connectivity index (χ4v) is 5.18. The molecule has 144 valence electrons. The number of hydrogen-bond donors (Lipinski definition) is 1. The van der Waals surface area contributed by atoms with Crippen LogP contribution in [0.2, 0.25) is 5.02 Å². The van der Waals surface area contributed by atoms with E-state index in [-0.39, 0.29) is 22.5 Å². The van der Waals surface area contributed by atoms with E-state index in [9.17, 15) is 13.5 Å². The maximum atomic E-state index is 12.8. The maximum absolute atomic E-state index is 12.8. The number of nitrogens with zero attached hydrogens (tertiary/aromatic N) is 2. The summed E-state index contributed by atoms with van der Waals surface area (Å²) in [5, 5.41) is 10.4. The number of fused-ring (bicyclic) bond motifs is 1. The molecule has 1 saturated heterocycles. The van der Waals surface area contributed by atoms with Gasteiger partial charge in [-0.25, -0.2) is 8.42 Å². The molecule has 7 nitrogen and oxygen atoms in total. The van der Waals surface area contributed by atoms with E-state index in [1.165, 1.54) is 10.4 Å². The summed E-state index contributed by atoms with van der Waals surface area (Å²) >= 11 is 6.06. The van der Waals surface area contributed by atoms with Gasteiger partial charge >= 0.3 is 0 Å². The summed E-state index contributed by atoms with van der Waals surface area (Å²) in [5.41, 5.74) is 0.724. The maximum Gasteiger partial charge on any atom is 0.244 e. The highest BCUT2D eigenvalue weighted by Gasteiger charge is 2.30. The van der Waals surface area contributed by atoms with E-state index in [1.807, 2.05) is 0 Å². The first-order chi connectivity index (χ1) is 12.9. The number of hydrogen-bond acceptors (Lipinski definition) is 6. The monoisotopic (exact) mass is 410 g/mol. The zero-order valence-corrected chi connectivity index (χ0v) is 16.0. The molecular weight excluding hydrogens is 392 g/mol. The van der Waals surface area contributed by atoms with E-state index < -0.39 is 10.0 Å². The Morgan fingerprint density at radius 1 is 1.04 bits per heavy atom. The predicted octanol–water partition coefficient (Wildman–Crippen LogP) is 2.28. The van der Waals surface area contributed by atoms with Crippen molar-refractivity contribution in [1.29, 1.82) is 0 Å². The van der Waals surface area contributed by atoms with Crippen molar-refractivity contribution >= 4 is 21.6 Å². The first-order valence-electron chi connectivity index (χ1n) is 8.53. The first-order valence-corrected chi connectivity index (χ1v) is 10.4.